The molecule has 0 saturated carbocycles. The van der Waals surface area contributed by atoms with Crippen LogP contribution in [0.3, 0.4) is 0 Å². The van der Waals surface area contributed by atoms with Crippen LogP contribution < -0.4 is 5.32 Å². The van der Waals surface area contributed by atoms with Crippen molar-refractivity contribution in [2.24, 2.45) is 0 Å². The molecule has 1 fully saturated rings. The second-order valence-corrected chi connectivity index (χ2v) is 20.3. The highest BCUT2D eigenvalue weighted by Gasteiger charge is 2.47. The number of nitrogens with one attached hydrogen (secondary N) is 1. The van der Waals surface area contributed by atoms with Gasteiger partial charge in [-0.1, -0.05) is 221 Å². The molecule has 1 heterocycles. The molecule has 1 rings (SSSR count). The number of aliphatic hydroxyl groups is 5. The quantitative estimate of drug-likeness (QED) is 0.0195. The summed E-state index contributed by atoms with van der Waals surface area (Å²) in [5, 5.41) is 56.9. The van der Waals surface area contributed by atoms with Gasteiger partial charge in [0.05, 0.1) is 25.4 Å². The second-order valence-electron chi connectivity index (χ2n) is 20.3. The lowest BCUT2D eigenvalue weighted by molar-refractivity contribution is -0.305. The van der Waals surface area contributed by atoms with Crippen molar-refractivity contribution in [2.45, 2.75) is 282 Å². The number of aliphatic hydroxyl groups excluding tert-OH is 5. The van der Waals surface area contributed by atoms with E-state index >= 15 is 0 Å². The van der Waals surface area contributed by atoms with Crippen LogP contribution in [0.15, 0.2) is 97.2 Å². The Morgan fingerprint density at radius 1 is 0.533 bits per heavy atom. The predicted molar refractivity (Wildman–Crippen MR) is 310 cm³/mol. The lowest BCUT2D eigenvalue weighted by Crippen LogP contribution is -2.61. The van der Waals surface area contributed by atoms with E-state index in [-0.39, 0.29) is 19.4 Å². The average Bonchev–Trinajstić information content (AvgIpc) is 3.41. The van der Waals surface area contributed by atoms with Crippen molar-refractivity contribution in [1.29, 1.82) is 0 Å². The number of hydrogen-bond acceptors (Lipinski definition) is 10. The Kier molecular flexibility index (Phi) is 47.6. The van der Waals surface area contributed by atoms with Crippen molar-refractivity contribution < 1.29 is 49.3 Å². The van der Waals surface area contributed by atoms with Crippen molar-refractivity contribution in [1.82, 2.24) is 5.32 Å². The number of ether oxygens (including phenoxy) is 3. The van der Waals surface area contributed by atoms with Crippen LogP contribution in [0, 0.1) is 0 Å². The van der Waals surface area contributed by atoms with E-state index in [9.17, 15) is 35.1 Å². The normalized spacial score (nSPS) is 19.9. The van der Waals surface area contributed by atoms with Crippen molar-refractivity contribution >= 4 is 11.9 Å². The molecule has 0 bridgehead atoms. The third-order valence-electron chi connectivity index (χ3n) is 13.5. The Morgan fingerprint density at radius 3 is 1.47 bits per heavy atom. The molecule has 1 aliphatic rings. The van der Waals surface area contributed by atoms with E-state index in [2.05, 4.69) is 111 Å². The molecule has 0 aromatic heterocycles. The van der Waals surface area contributed by atoms with E-state index in [1.54, 1.807) is 6.08 Å². The maximum absolute atomic E-state index is 13.4. The summed E-state index contributed by atoms with van der Waals surface area (Å²) in [6.45, 7) is 5.60. The van der Waals surface area contributed by atoms with Gasteiger partial charge in [0, 0.05) is 6.42 Å². The lowest BCUT2D eigenvalue weighted by Gasteiger charge is -2.41. The molecular weight excluding hydrogens is 943 g/mol. The fourth-order valence-electron chi connectivity index (χ4n) is 8.71. The first kappa shape index (κ1) is 69.6. The first-order valence-corrected chi connectivity index (χ1v) is 30.0. The monoisotopic (exact) mass is 1050 g/mol. The van der Waals surface area contributed by atoms with Gasteiger partial charge >= 0.3 is 5.97 Å². The molecule has 8 atom stereocenters. The third kappa shape index (κ3) is 39.6. The molecule has 0 aromatic rings. The van der Waals surface area contributed by atoms with Gasteiger partial charge in [-0.05, 0) is 103 Å². The van der Waals surface area contributed by atoms with Crippen LogP contribution >= 0.6 is 0 Å². The zero-order valence-corrected chi connectivity index (χ0v) is 47.4. The number of esters is 1. The van der Waals surface area contributed by atoms with Gasteiger partial charge in [0.1, 0.15) is 24.4 Å². The standard InChI is InChI=1S/C64H109NO10/c1-4-7-10-13-16-19-22-24-26-28-29-30-32-34-37-40-43-46-49-52-59(69)75-62-61(71)60(70)58(53-66)74-64(62)73-54-55(56(67)50-47-44-41-38-35-21-18-15-12-9-6-3)65-63(72)57(68)51-48-45-42-39-36-33-31-27-25-23-20-17-14-11-8-5-2/h7,10,16-17,19-20,24-27,29-30,34,37,47,50,55-58,60-62,64,66-68,70-71H,4-6,8-9,11-15,18,21-23,28,31-33,35-36,38-46,48-49,51-54H2,1-3H3,(H,65,72)/b10-7-,19-16-,20-17-,26-24-,27-25-,30-29-,37-34-,50-47+. The molecule has 1 aliphatic heterocycles. The molecule has 0 aliphatic carbocycles. The van der Waals surface area contributed by atoms with Crippen LogP contribution in [-0.2, 0) is 23.8 Å². The van der Waals surface area contributed by atoms with Crippen molar-refractivity contribution in [3.8, 4) is 0 Å². The summed E-state index contributed by atoms with van der Waals surface area (Å²) < 4.78 is 17.6. The maximum atomic E-state index is 13.4. The number of rotatable bonds is 49. The molecule has 8 unspecified atom stereocenters. The maximum Gasteiger partial charge on any atom is 0.306 e. The first-order chi connectivity index (χ1) is 36.7. The molecule has 0 radical (unpaired) electrons. The Morgan fingerprint density at radius 2 is 0.960 bits per heavy atom. The van der Waals surface area contributed by atoms with E-state index in [1.165, 1.54) is 64.2 Å². The molecular formula is C64H109NO10. The van der Waals surface area contributed by atoms with Crippen LogP contribution in [0.5, 0.6) is 0 Å². The van der Waals surface area contributed by atoms with Gasteiger partial charge in [-0.2, -0.15) is 0 Å². The van der Waals surface area contributed by atoms with E-state index in [0.717, 1.165) is 122 Å². The molecule has 6 N–H and O–H groups in total. The molecule has 75 heavy (non-hydrogen) atoms. The van der Waals surface area contributed by atoms with Crippen molar-refractivity contribution in [3.63, 3.8) is 0 Å². The minimum absolute atomic E-state index is 0.0787. The summed E-state index contributed by atoms with van der Waals surface area (Å²) in [6, 6.07) is -1.04. The van der Waals surface area contributed by atoms with E-state index in [4.69, 9.17) is 14.2 Å². The number of unbranched alkanes of at least 4 members (excludes halogenated alkanes) is 21. The number of allylic oxidation sites excluding steroid dienone is 15. The van der Waals surface area contributed by atoms with Crippen LogP contribution in [0.2, 0.25) is 0 Å². The zero-order valence-electron chi connectivity index (χ0n) is 47.4. The molecule has 11 nitrogen and oxygen atoms in total. The number of amides is 1. The Labute approximate surface area is 456 Å². The Hall–Kier alpha value is -3.42. The van der Waals surface area contributed by atoms with Crippen molar-refractivity contribution in [3.05, 3.63) is 97.2 Å². The highest BCUT2D eigenvalue weighted by atomic mass is 16.7. The highest BCUT2D eigenvalue weighted by Crippen LogP contribution is 2.26. The largest absolute Gasteiger partial charge is 0.454 e. The fourth-order valence-corrected chi connectivity index (χ4v) is 8.71. The third-order valence-corrected chi connectivity index (χ3v) is 13.5. The van der Waals surface area contributed by atoms with Gasteiger partial charge in [0.2, 0.25) is 5.91 Å². The summed E-state index contributed by atoms with van der Waals surface area (Å²) in [5.74, 6) is -1.24. The minimum Gasteiger partial charge on any atom is -0.454 e. The highest BCUT2D eigenvalue weighted by molar-refractivity contribution is 5.80. The van der Waals surface area contributed by atoms with E-state index < -0.39 is 67.4 Å². The predicted octanol–water partition coefficient (Wildman–Crippen LogP) is 13.9. The molecule has 0 aromatic carbocycles. The summed E-state index contributed by atoms with van der Waals surface area (Å²) in [6.07, 6.45) is 57.3. The minimum atomic E-state index is -1.63. The van der Waals surface area contributed by atoms with Gasteiger partial charge < -0.3 is 45.1 Å². The molecule has 11 heteroatoms. The van der Waals surface area contributed by atoms with E-state index in [1.807, 2.05) is 6.08 Å². The van der Waals surface area contributed by atoms with Crippen LogP contribution in [-0.4, -0.2) is 99.6 Å². The Balaban J connectivity index is 2.72. The lowest BCUT2D eigenvalue weighted by atomic mass is 9.99. The first-order valence-electron chi connectivity index (χ1n) is 30.0. The molecule has 1 amide bonds. The Bertz CT molecular complexity index is 1580. The molecule has 430 valence electrons. The van der Waals surface area contributed by atoms with Gasteiger partial charge in [-0.15, -0.1) is 0 Å². The number of hydrogen-bond donors (Lipinski definition) is 6. The van der Waals surface area contributed by atoms with E-state index in [0.29, 0.717) is 12.8 Å². The molecule has 1 saturated heterocycles. The van der Waals surface area contributed by atoms with Crippen LogP contribution in [0.4, 0.5) is 0 Å². The molecule has 0 spiro atoms. The summed E-state index contributed by atoms with van der Waals surface area (Å²) in [4.78, 5) is 26.5. The number of carbonyl (C=O) groups excluding carboxylic acids is 2. The zero-order chi connectivity index (χ0) is 54.7. The fraction of sp³-hybridized carbons (Fsp3) is 0.719. The van der Waals surface area contributed by atoms with Crippen LogP contribution in [0.25, 0.3) is 0 Å². The van der Waals surface area contributed by atoms with Gasteiger partial charge in [0.25, 0.3) is 0 Å². The van der Waals surface area contributed by atoms with Gasteiger partial charge in [-0.25, -0.2) is 0 Å². The van der Waals surface area contributed by atoms with Crippen molar-refractivity contribution in [2.75, 3.05) is 13.2 Å². The van der Waals surface area contributed by atoms with Crippen LogP contribution in [0.1, 0.15) is 233 Å². The van der Waals surface area contributed by atoms with Gasteiger partial charge in [0.15, 0.2) is 12.4 Å². The summed E-state index contributed by atoms with van der Waals surface area (Å²) in [7, 11) is 0. The SMILES string of the molecule is CC/C=C\C/C=C\C/C=C\C/C=C\C/C=C\CCCCCC(=O)OC1C(OCC(NC(=O)C(O)CCCCCCCC/C=C\C/C=C\CCCCC)C(O)/C=C/CCCCCCCCCCC)OC(CO)C(O)C1O. The summed E-state index contributed by atoms with van der Waals surface area (Å²) >= 11 is 0. The topological polar surface area (TPSA) is 175 Å². The van der Waals surface area contributed by atoms with Gasteiger partial charge in [-0.3, -0.25) is 9.59 Å². The summed E-state index contributed by atoms with van der Waals surface area (Å²) in [5.41, 5.74) is 0. The smallest absolute Gasteiger partial charge is 0.306 e. The second kappa shape index (κ2) is 51.3. The average molecular weight is 1050 g/mol. The number of carbonyl (C=O) groups is 2.